The highest BCUT2D eigenvalue weighted by Crippen LogP contribution is 2.42. The van der Waals surface area contributed by atoms with Crippen LogP contribution in [0.25, 0.3) is 28.4 Å². The molecular weight excluding hydrogens is 1140 g/mol. The molecule has 5 saturated heterocycles. The molecule has 0 saturated carbocycles. The van der Waals surface area contributed by atoms with Crippen molar-refractivity contribution in [3.63, 3.8) is 0 Å². The zero-order valence-electron chi connectivity index (χ0n) is 44.8. The van der Waals surface area contributed by atoms with Crippen molar-refractivity contribution in [1.29, 1.82) is 0 Å². The van der Waals surface area contributed by atoms with Gasteiger partial charge >= 0.3 is 5.97 Å². The van der Waals surface area contributed by atoms with Gasteiger partial charge in [0.15, 0.2) is 30.7 Å². The van der Waals surface area contributed by atoms with Crippen LogP contribution >= 0.6 is 0 Å². The van der Waals surface area contributed by atoms with Gasteiger partial charge in [0.05, 0.1) is 25.4 Å². The molecule has 0 spiro atoms. The van der Waals surface area contributed by atoms with Crippen LogP contribution in [0.2, 0.25) is 0 Å². The maximum atomic E-state index is 15.1. The molecule has 0 radical (unpaired) electrons. The second-order valence-electron chi connectivity index (χ2n) is 20.8. The van der Waals surface area contributed by atoms with Crippen molar-refractivity contribution in [2.75, 3.05) is 19.8 Å². The van der Waals surface area contributed by atoms with Gasteiger partial charge in [-0.25, -0.2) is 4.79 Å². The maximum Gasteiger partial charge on any atom is 0.330 e. The van der Waals surface area contributed by atoms with E-state index in [-0.39, 0.29) is 22.8 Å². The number of carbonyl (C=O) groups excluding carboxylic acids is 1. The summed E-state index contributed by atoms with van der Waals surface area (Å²) >= 11 is 0. The van der Waals surface area contributed by atoms with Crippen molar-refractivity contribution in [1.82, 2.24) is 0 Å². The van der Waals surface area contributed by atoms with Crippen LogP contribution in [0.5, 0.6) is 28.7 Å². The Hall–Kier alpha value is -5.80. The first kappa shape index (κ1) is 63.7. The Bertz CT molecular complexity index is 2980. The highest BCUT2D eigenvalue weighted by molar-refractivity contribution is 5.88. The predicted octanol–water partition coefficient (Wildman–Crippen LogP) is -5.27. The summed E-state index contributed by atoms with van der Waals surface area (Å²) in [6.07, 6.45) is -45.9. The van der Waals surface area contributed by atoms with Crippen molar-refractivity contribution in [3.8, 4) is 40.1 Å². The minimum Gasteiger partial charge on any atom is -0.508 e. The van der Waals surface area contributed by atoms with E-state index in [2.05, 4.69) is 0 Å². The maximum absolute atomic E-state index is 15.1. The largest absolute Gasteiger partial charge is 0.508 e. The molecule has 0 unspecified atom stereocenters. The van der Waals surface area contributed by atoms with Gasteiger partial charge in [-0.05, 0) is 61.9 Å². The smallest absolute Gasteiger partial charge is 0.330 e. The van der Waals surface area contributed by atoms with Gasteiger partial charge in [-0.3, -0.25) is 4.79 Å². The molecule has 5 aliphatic heterocycles. The van der Waals surface area contributed by atoms with E-state index >= 15 is 4.79 Å². The normalized spacial score (nSPS) is 38.9. The zero-order chi connectivity index (χ0) is 61.5. The Morgan fingerprint density at radius 2 is 1.00 bits per heavy atom. The Morgan fingerprint density at radius 1 is 0.518 bits per heavy atom. The SMILES string of the molecule is C[C@@H]1O[C@@H](Oc2cc(O)c3c(=O)c(O[C@@H]4O[C@@H](C)[C@H](O[C@@H]5O[C@H](CO)[C@@H](O)[C@H](O)[C@H]5O)[C@@H](O[C@@H]5O[C@H](COC(=O)/C=C/c6ccc(O)cc6)[C@@H](O)[C@H](O)[C@H]5O)[C@H]4O[C@@H]4O[C@H](CO)[C@@H](O)[C@H](O)[C@H]4O)c(-c4ccc(O)cc4)oc3c2)[C@H](O)[C@H](O)[C@H]1O. The van der Waals surface area contributed by atoms with Gasteiger partial charge in [0.2, 0.25) is 23.8 Å². The van der Waals surface area contributed by atoms with Crippen LogP contribution in [0.3, 0.4) is 0 Å². The van der Waals surface area contributed by atoms with Crippen LogP contribution in [0.1, 0.15) is 19.4 Å². The zero-order valence-corrected chi connectivity index (χ0v) is 44.8. The monoisotopic (exact) mass is 1210 g/mol. The number of benzene rings is 3. The lowest BCUT2D eigenvalue weighted by molar-refractivity contribution is -0.400. The van der Waals surface area contributed by atoms with Gasteiger partial charge in [-0.2, -0.15) is 0 Å². The summed E-state index contributed by atoms with van der Waals surface area (Å²) in [5.41, 5.74) is -1.20. The lowest BCUT2D eigenvalue weighted by atomic mass is 9.95. The molecular formula is C54H66O31. The molecule has 5 aliphatic rings. The quantitative estimate of drug-likeness (QED) is 0.0347. The molecule has 17 N–H and O–H groups in total. The molecule has 25 atom stereocenters. The fourth-order valence-corrected chi connectivity index (χ4v) is 10.1. The number of ether oxygens (including phenoxy) is 11. The summed E-state index contributed by atoms with van der Waals surface area (Å²) in [7, 11) is 0. The number of esters is 1. The number of fused-ring (bicyclic) bond motifs is 1. The molecule has 4 aromatic rings. The first-order valence-corrected chi connectivity index (χ1v) is 26.6. The molecule has 31 nitrogen and oxygen atoms in total. The van der Waals surface area contributed by atoms with Crippen LogP contribution < -0.4 is 14.9 Å². The lowest BCUT2D eigenvalue weighted by Crippen LogP contribution is -2.68. The molecule has 31 heteroatoms. The van der Waals surface area contributed by atoms with Crippen LogP contribution in [0, 0.1) is 0 Å². The highest BCUT2D eigenvalue weighted by atomic mass is 16.8. The minimum atomic E-state index is -2.27. The predicted molar refractivity (Wildman–Crippen MR) is 276 cm³/mol. The first-order chi connectivity index (χ1) is 40.4. The van der Waals surface area contributed by atoms with E-state index in [0.29, 0.717) is 5.56 Å². The summed E-state index contributed by atoms with van der Waals surface area (Å²) in [6, 6.07) is 12.5. The first-order valence-electron chi connectivity index (χ1n) is 26.6. The van der Waals surface area contributed by atoms with Crippen LogP contribution in [-0.4, -0.2) is 266 Å². The van der Waals surface area contributed by atoms with Crippen molar-refractivity contribution in [2.24, 2.45) is 0 Å². The standard InChI is InChI=1S/C54H66O31/c1-18-32(61)37(66)41(70)50(75-18)77-24-13-25(59)31-26(14-24)78-46(21-6-10-23(58)11-7-21)47(36(31)65)83-54-49(85-52-43(72)39(68)34(63)28(16-56)80-52)48(45(19(2)76-54)82-51-42(71)38(67)33(62)27(15-55)79-51)84-53-44(73)40(69)35(64)29(81-53)17-74-30(60)12-5-20-3-8-22(57)9-4-20/h3-14,18-19,27-29,32-35,37-45,48-59,61-64,66-73H,15-17H2,1-2H3/b12-5+/t18-,19-,27+,28+,29+,32-,33+,34+,35+,37+,38-,39-,40-,41+,42+,43+,44+,45-,48+,49+,50-,51-,52-,53-,54-/m0/s1. The fraction of sp³-hybridized carbons (Fsp3) is 0.556. The third-order valence-electron chi connectivity index (χ3n) is 15.0. The van der Waals surface area contributed by atoms with Crippen molar-refractivity contribution in [2.45, 2.75) is 167 Å². The van der Waals surface area contributed by atoms with Crippen molar-refractivity contribution in [3.05, 3.63) is 82.5 Å². The van der Waals surface area contributed by atoms with E-state index < -0.39 is 213 Å². The van der Waals surface area contributed by atoms with Crippen LogP contribution in [0.4, 0.5) is 0 Å². The second-order valence-corrected chi connectivity index (χ2v) is 20.8. The summed E-state index contributed by atoms with van der Waals surface area (Å²) in [5.74, 6) is -3.85. The van der Waals surface area contributed by atoms with Gasteiger partial charge in [0.1, 0.15) is 144 Å². The third kappa shape index (κ3) is 13.4. The molecule has 6 heterocycles. The highest BCUT2D eigenvalue weighted by Gasteiger charge is 2.57. The molecule has 468 valence electrons. The molecule has 9 rings (SSSR count). The van der Waals surface area contributed by atoms with E-state index in [1.54, 1.807) is 0 Å². The molecule has 0 aliphatic carbocycles. The Labute approximate surface area is 479 Å². The number of hydrogen-bond acceptors (Lipinski definition) is 31. The van der Waals surface area contributed by atoms with Gasteiger partial charge in [-0.1, -0.05) is 12.1 Å². The summed E-state index contributed by atoms with van der Waals surface area (Å²) in [4.78, 5) is 28.0. The topological polar surface area (TPSA) is 493 Å². The lowest BCUT2D eigenvalue weighted by Gasteiger charge is -2.50. The van der Waals surface area contributed by atoms with Crippen molar-refractivity contribution >= 4 is 23.0 Å². The molecule has 85 heavy (non-hydrogen) atoms. The third-order valence-corrected chi connectivity index (χ3v) is 15.0. The van der Waals surface area contributed by atoms with Gasteiger partial charge in [0.25, 0.3) is 0 Å². The molecule has 5 fully saturated rings. The number of aliphatic hydroxyl groups is 14. The number of phenolic OH excluding ortho intramolecular Hbond substituents is 3. The second kappa shape index (κ2) is 26.7. The Morgan fingerprint density at radius 3 is 1.56 bits per heavy atom. The number of phenols is 3. The van der Waals surface area contributed by atoms with E-state index in [0.717, 1.165) is 18.2 Å². The van der Waals surface area contributed by atoms with Crippen LogP contribution in [-0.2, 0) is 47.4 Å². The number of carbonyl (C=O) groups is 1. The number of hydrogen-bond donors (Lipinski definition) is 17. The number of aliphatic hydroxyl groups excluding tert-OH is 14. The molecule has 0 bridgehead atoms. The molecule has 0 amide bonds. The average molecular weight is 1210 g/mol. The fourth-order valence-electron chi connectivity index (χ4n) is 10.1. The Balaban J connectivity index is 1.13. The van der Waals surface area contributed by atoms with Crippen LogP contribution in [0.15, 0.2) is 76.0 Å². The Kier molecular flexibility index (Phi) is 20.0. The van der Waals surface area contributed by atoms with E-state index in [1.807, 2.05) is 0 Å². The number of rotatable bonds is 17. The van der Waals surface area contributed by atoms with E-state index in [1.165, 1.54) is 68.5 Å². The van der Waals surface area contributed by atoms with E-state index in [9.17, 15) is 91.6 Å². The summed E-state index contributed by atoms with van der Waals surface area (Å²) < 4.78 is 71.9. The van der Waals surface area contributed by atoms with E-state index in [4.69, 9.17) is 56.5 Å². The average Bonchev–Trinajstić information content (AvgIpc) is 1.86. The number of aromatic hydroxyl groups is 3. The van der Waals surface area contributed by atoms with Gasteiger partial charge in [-0.15, -0.1) is 0 Å². The van der Waals surface area contributed by atoms with Gasteiger partial charge in [0, 0.05) is 23.8 Å². The summed E-state index contributed by atoms with van der Waals surface area (Å²) in [6.45, 7) is -0.139. The molecule has 1 aromatic heterocycles. The minimum absolute atomic E-state index is 0.0321. The molecule has 3 aromatic carbocycles. The van der Waals surface area contributed by atoms with Gasteiger partial charge < -0.3 is 143 Å². The van der Waals surface area contributed by atoms with Crippen molar-refractivity contribution < 1.29 is 148 Å². The summed E-state index contributed by atoms with van der Waals surface area (Å²) in [5, 5.41) is 182.